The number of hydrogen-bond acceptors (Lipinski definition) is 4. The van der Waals surface area contributed by atoms with Crippen LogP contribution in [0.4, 0.5) is 0 Å². The smallest absolute Gasteiger partial charge is 0.160 e. The van der Waals surface area contributed by atoms with Gasteiger partial charge in [0.15, 0.2) is 11.6 Å². The Morgan fingerprint density at radius 3 is 2.30 bits per heavy atom. The minimum absolute atomic E-state index is 0.0463. The van der Waals surface area contributed by atoms with Gasteiger partial charge in [-0.05, 0) is 126 Å². The monoisotopic (exact) mass is 607 g/mol. The number of carbonyl (C=O) groups is 2. The van der Waals surface area contributed by atoms with Gasteiger partial charge in [0.2, 0.25) is 0 Å². The Bertz CT molecular complexity index is 1330. The fraction of sp³-hybridized carbons (Fsp3) is 0.737. The molecule has 1 aromatic carbocycles. The van der Waals surface area contributed by atoms with Gasteiger partial charge < -0.3 is 10.4 Å². The molecule has 0 aliphatic heterocycles. The molecule has 4 fully saturated rings. The number of rotatable bonds is 6. The summed E-state index contributed by atoms with van der Waals surface area (Å²) in [6.07, 6.45) is 8.45. The first-order valence-corrected chi connectivity index (χ1v) is 17.4. The van der Waals surface area contributed by atoms with Crippen molar-refractivity contribution in [3.63, 3.8) is 0 Å². The summed E-state index contributed by atoms with van der Waals surface area (Å²) in [5, 5.41) is 15.2. The highest BCUT2D eigenvalue weighted by Crippen LogP contribution is 2.76. The van der Waals surface area contributed by atoms with E-state index in [0.717, 1.165) is 56.1 Å². The number of benzene rings is 1. The maximum Gasteiger partial charge on any atom is 0.160 e. The average molecular weight is 608 g/mol. The second kappa shape index (κ2) is 10.5. The number of allylic oxidation sites excluding steroid dienone is 2. The molecule has 0 radical (unpaired) electrons. The summed E-state index contributed by atoms with van der Waals surface area (Å²) >= 11 is 6.07. The third kappa shape index (κ3) is 4.43. The first-order valence-electron chi connectivity index (χ1n) is 17.1. The van der Waals surface area contributed by atoms with Crippen LogP contribution in [0.15, 0.2) is 35.4 Å². The summed E-state index contributed by atoms with van der Waals surface area (Å²) in [6, 6.07) is 7.75. The van der Waals surface area contributed by atoms with Crippen LogP contribution in [0.3, 0.4) is 0 Å². The normalized spacial score (nSPS) is 41.9. The number of hydrogen-bond donors (Lipinski definition) is 2. The van der Waals surface area contributed by atoms with Crippen molar-refractivity contribution >= 4 is 23.2 Å². The molecule has 43 heavy (non-hydrogen) atoms. The lowest BCUT2D eigenvalue weighted by Crippen LogP contribution is -2.66. The molecule has 0 bridgehead atoms. The molecule has 0 spiro atoms. The summed E-state index contributed by atoms with van der Waals surface area (Å²) in [5.74, 6) is 1.93. The molecule has 5 heteroatoms. The Kier molecular flexibility index (Phi) is 7.71. The standard InChI is InChI=1S/C38H54ClNO3/c1-23(2)32-27(41)20-38(31(43)22-40-21-24-8-10-25(39)11-9-24)19-18-36(6)26(33(32)38)12-13-29-35(5)16-15-30(42)34(3,4)28(35)14-17-37(29,36)7/h8-11,23,26,28-30,40,42H,12-22H2,1-7H3/t26?,28?,29-,30+,35+,36-,37-,38+/m1/s1. The van der Waals surface area contributed by atoms with Crippen molar-refractivity contribution in [3.8, 4) is 0 Å². The van der Waals surface area contributed by atoms with Crippen LogP contribution in [0.1, 0.15) is 112 Å². The minimum Gasteiger partial charge on any atom is -0.393 e. The molecule has 2 unspecified atom stereocenters. The number of nitrogens with one attached hydrogen (secondary N) is 1. The molecule has 0 heterocycles. The molecule has 4 saturated carbocycles. The molecule has 236 valence electrons. The predicted molar refractivity (Wildman–Crippen MR) is 174 cm³/mol. The summed E-state index contributed by atoms with van der Waals surface area (Å²) in [7, 11) is 0. The summed E-state index contributed by atoms with van der Waals surface area (Å²) < 4.78 is 0. The number of halogens is 1. The van der Waals surface area contributed by atoms with E-state index >= 15 is 0 Å². The zero-order chi connectivity index (χ0) is 31.2. The van der Waals surface area contributed by atoms with E-state index in [1.807, 2.05) is 24.3 Å². The van der Waals surface area contributed by atoms with Crippen molar-refractivity contribution < 1.29 is 14.7 Å². The Morgan fingerprint density at radius 1 is 0.930 bits per heavy atom. The van der Waals surface area contributed by atoms with Gasteiger partial charge in [-0.2, -0.15) is 0 Å². The number of aliphatic hydroxyl groups excluding tert-OH is 1. The lowest BCUT2D eigenvalue weighted by Gasteiger charge is -2.72. The van der Waals surface area contributed by atoms with E-state index in [1.165, 1.54) is 12.0 Å². The van der Waals surface area contributed by atoms with E-state index in [4.69, 9.17) is 11.6 Å². The Hall–Kier alpha value is -1.49. The van der Waals surface area contributed by atoms with Crippen molar-refractivity contribution in [2.45, 2.75) is 119 Å². The predicted octanol–water partition coefficient (Wildman–Crippen LogP) is 8.34. The quantitative estimate of drug-likeness (QED) is 0.341. The van der Waals surface area contributed by atoms with Gasteiger partial charge in [-0.1, -0.05) is 72.2 Å². The van der Waals surface area contributed by atoms with Crippen LogP contribution >= 0.6 is 11.6 Å². The van der Waals surface area contributed by atoms with Crippen LogP contribution in [0.5, 0.6) is 0 Å². The molecule has 1 aromatic rings. The van der Waals surface area contributed by atoms with E-state index in [9.17, 15) is 14.7 Å². The van der Waals surface area contributed by atoms with Crippen LogP contribution in [0.2, 0.25) is 5.02 Å². The van der Waals surface area contributed by atoms with Crippen molar-refractivity contribution in [2.24, 2.45) is 50.7 Å². The highest BCUT2D eigenvalue weighted by Gasteiger charge is 2.70. The molecular formula is C38H54ClNO3. The van der Waals surface area contributed by atoms with Gasteiger partial charge in [-0.3, -0.25) is 9.59 Å². The summed E-state index contributed by atoms with van der Waals surface area (Å²) in [5.41, 5.74) is 2.99. The van der Waals surface area contributed by atoms with Gasteiger partial charge in [-0.15, -0.1) is 0 Å². The van der Waals surface area contributed by atoms with E-state index in [-0.39, 0.29) is 57.7 Å². The lowest BCUT2D eigenvalue weighted by molar-refractivity contribution is -0.228. The molecule has 0 aromatic heterocycles. The van der Waals surface area contributed by atoms with Crippen LogP contribution < -0.4 is 5.32 Å². The second-order valence-electron chi connectivity index (χ2n) is 16.8. The molecule has 8 atom stereocenters. The zero-order valence-corrected chi connectivity index (χ0v) is 28.4. The third-order valence-electron chi connectivity index (χ3n) is 14.5. The molecule has 6 rings (SSSR count). The van der Waals surface area contributed by atoms with Gasteiger partial charge in [0.1, 0.15) is 0 Å². The average Bonchev–Trinajstić information content (AvgIpc) is 3.26. The molecule has 0 saturated heterocycles. The SMILES string of the molecule is CC(C)C1=C2C3CC[C@@H]4[C@@]5(C)CC[C@H](O)C(C)(C)C5CC[C@@]4(C)[C@]3(C)CC[C@@]2(C(=O)CNCc2ccc(Cl)cc2)CC1=O. The number of fused-ring (bicyclic) bond motifs is 7. The van der Waals surface area contributed by atoms with E-state index in [2.05, 4.69) is 53.8 Å². The Morgan fingerprint density at radius 2 is 1.63 bits per heavy atom. The topological polar surface area (TPSA) is 66.4 Å². The van der Waals surface area contributed by atoms with Crippen LogP contribution in [-0.2, 0) is 16.1 Å². The van der Waals surface area contributed by atoms with Crippen LogP contribution in [0.25, 0.3) is 0 Å². The highest BCUT2D eigenvalue weighted by atomic mass is 35.5. The highest BCUT2D eigenvalue weighted by molar-refractivity contribution is 6.30. The molecule has 4 nitrogen and oxygen atoms in total. The molecular weight excluding hydrogens is 554 g/mol. The van der Waals surface area contributed by atoms with Crippen molar-refractivity contribution in [1.82, 2.24) is 5.32 Å². The summed E-state index contributed by atoms with van der Waals surface area (Å²) in [6.45, 7) is 17.5. The number of ketones is 2. The van der Waals surface area contributed by atoms with Gasteiger partial charge >= 0.3 is 0 Å². The molecule has 5 aliphatic carbocycles. The number of Topliss-reactive ketones (excluding diaryl/α,β-unsaturated/α-hetero) is 2. The zero-order valence-electron chi connectivity index (χ0n) is 27.6. The minimum atomic E-state index is -0.658. The van der Waals surface area contributed by atoms with Gasteiger partial charge in [0, 0.05) is 18.0 Å². The largest absolute Gasteiger partial charge is 0.393 e. The lowest BCUT2D eigenvalue weighted by atomic mass is 9.33. The van der Waals surface area contributed by atoms with Crippen molar-refractivity contribution in [1.29, 1.82) is 0 Å². The molecule has 0 amide bonds. The van der Waals surface area contributed by atoms with Crippen molar-refractivity contribution in [3.05, 3.63) is 46.0 Å². The fourth-order valence-electron chi connectivity index (χ4n) is 12.0. The van der Waals surface area contributed by atoms with E-state index < -0.39 is 5.41 Å². The Labute approximate surface area is 264 Å². The van der Waals surface area contributed by atoms with Gasteiger partial charge in [0.25, 0.3) is 0 Å². The first-order chi connectivity index (χ1) is 20.1. The molecule has 5 aliphatic rings. The van der Waals surface area contributed by atoms with E-state index in [0.29, 0.717) is 29.8 Å². The number of carbonyl (C=O) groups excluding carboxylic acids is 2. The van der Waals surface area contributed by atoms with Crippen LogP contribution in [-0.4, -0.2) is 29.3 Å². The first kappa shape index (κ1) is 31.5. The van der Waals surface area contributed by atoms with Crippen molar-refractivity contribution in [2.75, 3.05) is 6.54 Å². The van der Waals surface area contributed by atoms with E-state index in [1.54, 1.807) is 0 Å². The van der Waals surface area contributed by atoms with Gasteiger partial charge in [0.05, 0.1) is 18.1 Å². The Balaban J connectivity index is 1.33. The maximum absolute atomic E-state index is 14.3. The maximum atomic E-state index is 14.3. The third-order valence-corrected chi connectivity index (χ3v) is 14.7. The summed E-state index contributed by atoms with van der Waals surface area (Å²) in [4.78, 5) is 28.2. The molecule has 2 N–H and O–H groups in total. The van der Waals surface area contributed by atoms with Crippen LogP contribution in [0, 0.1) is 50.7 Å². The van der Waals surface area contributed by atoms with Gasteiger partial charge in [-0.25, -0.2) is 0 Å². The fourth-order valence-corrected chi connectivity index (χ4v) is 12.2. The second-order valence-corrected chi connectivity index (χ2v) is 17.2. The number of aliphatic hydroxyl groups is 1.